The molecular formula is C18H22N2S2. The molecule has 2 nitrogen and oxygen atoms in total. The molecule has 0 saturated carbocycles. The third-order valence-corrected chi connectivity index (χ3v) is 4.61. The quantitative estimate of drug-likeness (QED) is 0.600. The number of benzene rings is 2. The Balaban J connectivity index is 1.63. The van der Waals surface area contributed by atoms with Crippen LogP contribution in [0.15, 0.2) is 48.5 Å². The van der Waals surface area contributed by atoms with Crippen LogP contribution in [-0.2, 0) is 5.75 Å². The number of hydrogen-bond acceptors (Lipinski definition) is 2. The Morgan fingerprint density at radius 1 is 1.05 bits per heavy atom. The van der Waals surface area contributed by atoms with Crippen molar-refractivity contribution in [1.29, 1.82) is 0 Å². The Morgan fingerprint density at radius 2 is 1.77 bits per heavy atom. The number of rotatable bonds is 6. The normalized spacial score (nSPS) is 10.3. The van der Waals surface area contributed by atoms with E-state index in [0.29, 0.717) is 5.11 Å². The summed E-state index contributed by atoms with van der Waals surface area (Å²) in [5.41, 5.74) is 5.04. The van der Waals surface area contributed by atoms with E-state index in [9.17, 15) is 0 Å². The van der Waals surface area contributed by atoms with E-state index in [1.165, 1.54) is 16.7 Å². The van der Waals surface area contributed by atoms with Gasteiger partial charge in [-0.2, -0.15) is 11.8 Å². The minimum Gasteiger partial charge on any atom is -0.362 e. The van der Waals surface area contributed by atoms with Crippen molar-refractivity contribution >= 4 is 34.8 Å². The average Bonchev–Trinajstić information content (AvgIpc) is 2.51. The van der Waals surface area contributed by atoms with E-state index in [0.717, 1.165) is 23.7 Å². The molecule has 116 valence electrons. The van der Waals surface area contributed by atoms with Crippen molar-refractivity contribution in [3.05, 3.63) is 65.2 Å². The smallest absolute Gasteiger partial charge is 0.170 e. The molecular weight excluding hydrogens is 308 g/mol. The second-order valence-electron chi connectivity index (χ2n) is 5.23. The molecule has 0 atom stereocenters. The molecule has 0 saturated heterocycles. The Labute approximate surface area is 142 Å². The van der Waals surface area contributed by atoms with Crippen molar-refractivity contribution in [2.45, 2.75) is 19.6 Å². The van der Waals surface area contributed by atoms with Crippen molar-refractivity contribution in [2.75, 3.05) is 17.6 Å². The lowest BCUT2D eigenvalue weighted by atomic mass is 10.1. The highest BCUT2D eigenvalue weighted by atomic mass is 32.2. The van der Waals surface area contributed by atoms with Gasteiger partial charge < -0.3 is 10.6 Å². The molecule has 0 radical (unpaired) electrons. The summed E-state index contributed by atoms with van der Waals surface area (Å²) in [6.07, 6.45) is 0. The van der Waals surface area contributed by atoms with Gasteiger partial charge >= 0.3 is 0 Å². The van der Waals surface area contributed by atoms with Crippen LogP contribution in [0.3, 0.4) is 0 Å². The molecule has 2 aromatic carbocycles. The zero-order valence-corrected chi connectivity index (χ0v) is 14.7. The van der Waals surface area contributed by atoms with Gasteiger partial charge in [0.25, 0.3) is 0 Å². The van der Waals surface area contributed by atoms with E-state index in [2.05, 4.69) is 60.9 Å². The van der Waals surface area contributed by atoms with Gasteiger partial charge in [0.15, 0.2) is 5.11 Å². The highest BCUT2D eigenvalue weighted by molar-refractivity contribution is 7.98. The molecule has 4 heteroatoms. The van der Waals surface area contributed by atoms with E-state index >= 15 is 0 Å². The fourth-order valence-corrected chi connectivity index (χ4v) is 3.16. The minimum atomic E-state index is 0.681. The van der Waals surface area contributed by atoms with Crippen molar-refractivity contribution in [3.8, 4) is 0 Å². The van der Waals surface area contributed by atoms with E-state index in [1.807, 2.05) is 23.9 Å². The number of anilines is 1. The van der Waals surface area contributed by atoms with Gasteiger partial charge in [0, 0.05) is 23.7 Å². The van der Waals surface area contributed by atoms with Crippen LogP contribution >= 0.6 is 24.0 Å². The summed E-state index contributed by atoms with van der Waals surface area (Å²) in [5.74, 6) is 2.08. The predicted octanol–water partition coefficient (Wildman–Crippen LogP) is 4.52. The molecule has 0 fully saturated rings. The monoisotopic (exact) mass is 330 g/mol. The summed E-state index contributed by atoms with van der Waals surface area (Å²) in [6, 6.07) is 16.8. The molecule has 2 aromatic rings. The molecule has 0 spiro atoms. The molecule has 0 aliphatic rings. The van der Waals surface area contributed by atoms with Gasteiger partial charge in [-0.05, 0) is 49.3 Å². The van der Waals surface area contributed by atoms with Crippen molar-refractivity contribution in [1.82, 2.24) is 5.32 Å². The fraction of sp³-hybridized carbons (Fsp3) is 0.278. The lowest BCUT2D eigenvalue weighted by Crippen LogP contribution is -2.30. The predicted molar refractivity (Wildman–Crippen MR) is 103 cm³/mol. The molecule has 0 bridgehead atoms. The van der Waals surface area contributed by atoms with Gasteiger partial charge in [-0.25, -0.2) is 0 Å². The number of thioether (sulfide) groups is 1. The van der Waals surface area contributed by atoms with Crippen molar-refractivity contribution < 1.29 is 0 Å². The van der Waals surface area contributed by atoms with Crippen LogP contribution in [0.5, 0.6) is 0 Å². The van der Waals surface area contributed by atoms with Crippen LogP contribution in [-0.4, -0.2) is 17.4 Å². The largest absolute Gasteiger partial charge is 0.362 e. The van der Waals surface area contributed by atoms with Crippen LogP contribution in [0, 0.1) is 13.8 Å². The SMILES string of the molecule is Cc1ccc(NC(=S)NCCSCc2ccccc2C)cc1. The Bertz CT molecular complexity index is 609. The van der Waals surface area contributed by atoms with Crippen molar-refractivity contribution in [3.63, 3.8) is 0 Å². The number of nitrogens with one attached hydrogen (secondary N) is 2. The first-order valence-electron chi connectivity index (χ1n) is 7.39. The molecule has 22 heavy (non-hydrogen) atoms. The Morgan fingerprint density at radius 3 is 2.50 bits per heavy atom. The first-order valence-corrected chi connectivity index (χ1v) is 8.95. The lowest BCUT2D eigenvalue weighted by molar-refractivity contribution is 0.989. The highest BCUT2D eigenvalue weighted by Gasteiger charge is 1.99. The zero-order chi connectivity index (χ0) is 15.8. The van der Waals surface area contributed by atoms with E-state index < -0.39 is 0 Å². The first kappa shape index (κ1) is 16.8. The second-order valence-corrected chi connectivity index (χ2v) is 6.74. The van der Waals surface area contributed by atoms with Crippen molar-refractivity contribution in [2.24, 2.45) is 0 Å². The topological polar surface area (TPSA) is 24.1 Å². The second kappa shape index (κ2) is 8.81. The summed E-state index contributed by atoms with van der Waals surface area (Å²) < 4.78 is 0. The van der Waals surface area contributed by atoms with Crippen LogP contribution in [0.2, 0.25) is 0 Å². The first-order chi connectivity index (χ1) is 10.6. The summed E-state index contributed by atoms with van der Waals surface area (Å²) in [5, 5.41) is 7.12. The maximum Gasteiger partial charge on any atom is 0.170 e. The van der Waals surface area contributed by atoms with Gasteiger partial charge in [0.2, 0.25) is 0 Å². The molecule has 2 N–H and O–H groups in total. The van der Waals surface area contributed by atoms with Gasteiger partial charge in [0.1, 0.15) is 0 Å². The van der Waals surface area contributed by atoms with Gasteiger partial charge in [-0.3, -0.25) is 0 Å². The van der Waals surface area contributed by atoms with Crippen LogP contribution < -0.4 is 10.6 Å². The standard InChI is InChI=1S/C18H22N2S2/c1-14-7-9-17(10-8-14)20-18(21)19-11-12-22-13-16-6-4-3-5-15(16)2/h3-10H,11-13H2,1-2H3,(H2,19,20,21). The van der Waals surface area contributed by atoms with Crippen LogP contribution in [0.4, 0.5) is 5.69 Å². The van der Waals surface area contributed by atoms with Gasteiger partial charge in [0.05, 0.1) is 0 Å². The molecule has 0 heterocycles. The number of aryl methyl sites for hydroxylation is 2. The summed E-state index contributed by atoms with van der Waals surface area (Å²) in [7, 11) is 0. The summed E-state index contributed by atoms with van der Waals surface area (Å²) in [4.78, 5) is 0. The number of hydrogen-bond donors (Lipinski definition) is 2. The Kier molecular flexibility index (Phi) is 6.74. The van der Waals surface area contributed by atoms with E-state index in [1.54, 1.807) is 0 Å². The maximum atomic E-state index is 5.30. The lowest BCUT2D eigenvalue weighted by Gasteiger charge is -2.11. The minimum absolute atomic E-state index is 0.681. The fourth-order valence-electron chi connectivity index (χ4n) is 2.00. The molecule has 0 aliphatic carbocycles. The molecule has 0 unspecified atom stereocenters. The van der Waals surface area contributed by atoms with Crippen LogP contribution in [0.1, 0.15) is 16.7 Å². The zero-order valence-electron chi connectivity index (χ0n) is 13.1. The summed E-state index contributed by atoms with van der Waals surface area (Å²) in [6.45, 7) is 5.11. The van der Waals surface area contributed by atoms with Crippen LogP contribution in [0.25, 0.3) is 0 Å². The van der Waals surface area contributed by atoms with E-state index in [4.69, 9.17) is 12.2 Å². The van der Waals surface area contributed by atoms with E-state index in [-0.39, 0.29) is 0 Å². The molecule has 0 aliphatic heterocycles. The molecule has 0 amide bonds. The van der Waals surface area contributed by atoms with Gasteiger partial charge in [-0.15, -0.1) is 0 Å². The number of thiocarbonyl (C=S) groups is 1. The Hall–Kier alpha value is -1.52. The summed E-state index contributed by atoms with van der Waals surface area (Å²) >= 11 is 7.22. The van der Waals surface area contributed by atoms with Gasteiger partial charge in [-0.1, -0.05) is 42.0 Å². The molecule has 2 rings (SSSR count). The molecule has 0 aromatic heterocycles. The third-order valence-electron chi connectivity index (χ3n) is 3.36. The third kappa shape index (κ3) is 5.70. The maximum absolute atomic E-state index is 5.30. The highest BCUT2D eigenvalue weighted by Crippen LogP contribution is 2.15. The average molecular weight is 331 g/mol.